The van der Waals surface area contributed by atoms with Crippen molar-refractivity contribution in [2.45, 2.75) is 13.3 Å². The fourth-order valence-electron chi connectivity index (χ4n) is 0.889. The molecule has 12 heavy (non-hydrogen) atoms. The third kappa shape index (κ3) is 2.93. The number of rotatable bonds is 4. The summed E-state index contributed by atoms with van der Waals surface area (Å²) in [5.41, 5.74) is 1.23. The molecule has 0 unspecified atom stereocenters. The number of benzene rings is 1. The zero-order valence-corrected chi connectivity index (χ0v) is 7.29. The van der Waals surface area contributed by atoms with Gasteiger partial charge in [0.2, 0.25) is 0 Å². The van der Waals surface area contributed by atoms with Crippen LogP contribution in [-0.4, -0.2) is 18.3 Å². The van der Waals surface area contributed by atoms with Gasteiger partial charge in [0.15, 0.2) is 0 Å². The van der Waals surface area contributed by atoms with Gasteiger partial charge in [-0.3, -0.25) is 0 Å². The van der Waals surface area contributed by atoms with E-state index in [9.17, 15) is 0 Å². The van der Waals surface area contributed by atoms with Crippen molar-refractivity contribution in [3.8, 4) is 5.75 Å². The van der Waals surface area contributed by atoms with E-state index in [-0.39, 0.29) is 6.61 Å². The lowest BCUT2D eigenvalue weighted by molar-refractivity contribution is 0.233. The molecule has 1 aromatic rings. The average Bonchev–Trinajstić information content (AvgIpc) is 2.09. The highest BCUT2D eigenvalue weighted by Gasteiger charge is 1.91. The van der Waals surface area contributed by atoms with Gasteiger partial charge in [-0.15, -0.1) is 0 Å². The van der Waals surface area contributed by atoms with Crippen LogP contribution in [0.3, 0.4) is 0 Å². The Balaban J connectivity index is 2.37. The first-order valence-corrected chi connectivity index (χ1v) is 4.13. The number of aliphatic hydroxyl groups excluding tert-OH is 1. The molecule has 0 aliphatic rings. The summed E-state index contributed by atoms with van der Waals surface area (Å²) in [4.78, 5) is 0. The third-order valence-corrected chi connectivity index (χ3v) is 1.59. The van der Waals surface area contributed by atoms with Gasteiger partial charge >= 0.3 is 0 Å². The van der Waals surface area contributed by atoms with Crippen LogP contribution >= 0.6 is 0 Å². The summed E-state index contributed by atoms with van der Waals surface area (Å²) in [5.74, 6) is 0.869. The second-order valence-corrected chi connectivity index (χ2v) is 2.74. The molecule has 0 aliphatic heterocycles. The van der Waals surface area contributed by atoms with Crippen LogP contribution in [0, 0.1) is 6.92 Å². The van der Waals surface area contributed by atoms with Crippen molar-refractivity contribution in [1.82, 2.24) is 0 Å². The molecule has 2 heteroatoms. The highest BCUT2D eigenvalue weighted by Crippen LogP contribution is 2.11. The lowest BCUT2D eigenvalue weighted by Crippen LogP contribution is -1.99. The predicted molar refractivity (Wildman–Crippen MR) is 48.4 cm³/mol. The minimum absolute atomic E-state index is 0.186. The molecule has 0 aromatic heterocycles. The second kappa shape index (κ2) is 4.78. The highest BCUT2D eigenvalue weighted by molar-refractivity contribution is 5.26. The quantitative estimate of drug-likeness (QED) is 0.690. The summed E-state index contributed by atoms with van der Waals surface area (Å²) in [6.07, 6.45) is 0.688. The van der Waals surface area contributed by atoms with Gasteiger partial charge in [0.1, 0.15) is 5.75 Å². The fourth-order valence-corrected chi connectivity index (χ4v) is 0.889. The van der Waals surface area contributed by atoms with Crippen molar-refractivity contribution in [2.24, 2.45) is 0 Å². The van der Waals surface area contributed by atoms with E-state index in [2.05, 4.69) is 0 Å². The van der Waals surface area contributed by atoms with Gasteiger partial charge < -0.3 is 9.84 Å². The third-order valence-electron chi connectivity index (χ3n) is 1.59. The number of aryl methyl sites for hydroxylation is 1. The molecule has 0 spiro atoms. The summed E-state index contributed by atoms with van der Waals surface area (Å²) >= 11 is 0. The van der Waals surface area contributed by atoms with E-state index in [1.807, 2.05) is 31.2 Å². The normalized spacial score (nSPS) is 9.83. The molecule has 0 bridgehead atoms. The van der Waals surface area contributed by atoms with Crippen LogP contribution in [0.2, 0.25) is 0 Å². The molecular formula is C10H14O2. The molecule has 2 nitrogen and oxygen atoms in total. The van der Waals surface area contributed by atoms with Gasteiger partial charge in [-0.1, -0.05) is 17.7 Å². The Morgan fingerprint density at radius 1 is 1.25 bits per heavy atom. The van der Waals surface area contributed by atoms with Crippen molar-refractivity contribution < 1.29 is 9.84 Å². The van der Waals surface area contributed by atoms with Crippen LogP contribution in [0.1, 0.15) is 12.0 Å². The van der Waals surface area contributed by atoms with E-state index >= 15 is 0 Å². The molecule has 0 saturated carbocycles. The van der Waals surface area contributed by atoms with Crippen LogP contribution in [0.5, 0.6) is 5.75 Å². The van der Waals surface area contributed by atoms with E-state index in [1.54, 1.807) is 0 Å². The lowest BCUT2D eigenvalue weighted by atomic mass is 10.2. The van der Waals surface area contributed by atoms with Gasteiger partial charge in [-0.05, 0) is 19.1 Å². The van der Waals surface area contributed by atoms with E-state index < -0.39 is 0 Å². The van der Waals surface area contributed by atoms with E-state index in [0.29, 0.717) is 13.0 Å². The molecule has 66 valence electrons. The first-order chi connectivity index (χ1) is 5.83. The van der Waals surface area contributed by atoms with E-state index in [0.717, 1.165) is 5.75 Å². The molecule has 1 N–H and O–H groups in total. The van der Waals surface area contributed by atoms with Crippen LogP contribution in [-0.2, 0) is 0 Å². The van der Waals surface area contributed by atoms with Gasteiger partial charge in [-0.2, -0.15) is 0 Å². The average molecular weight is 166 g/mol. The Morgan fingerprint density at radius 3 is 2.50 bits per heavy atom. The summed E-state index contributed by atoms with van der Waals surface area (Å²) in [5, 5.41) is 8.51. The van der Waals surface area contributed by atoms with Crippen LogP contribution < -0.4 is 4.74 Å². The van der Waals surface area contributed by atoms with Gasteiger partial charge in [0.05, 0.1) is 6.61 Å². The largest absolute Gasteiger partial charge is 0.494 e. The minimum atomic E-state index is 0.186. The van der Waals surface area contributed by atoms with Gasteiger partial charge in [0.25, 0.3) is 0 Å². The maximum absolute atomic E-state index is 8.51. The van der Waals surface area contributed by atoms with Crippen LogP contribution in [0.15, 0.2) is 24.3 Å². The molecule has 0 heterocycles. The molecule has 0 amide bonds. The fraction of sp³-hybridized carbons (Fsp3) is 0.400. The van der Waals surface area contributed by atoms with E-state index in [4.69, 9.17) is 9.84 Å². The second-order valence-electron chi connectivity index (χ2n) is 2.74. The van der Waals surface area contributed by atoms with Crippen molar-refractivity contribution in [1.29, 1.82) is 0 Å². The van der Waals surface area contributed by atoms with Crippen molar-refractivity contribution >= 4 is 0 Å². The zero-order chi connectivity index (χ0) is 8.81. The molecule has 0 radical (unpaired) electrons. The molecular weight excluding hydrogens is 152 g/mol. The van der Waals surface area contributed by atoms with Gasteiger partial charge in [-0.25, -0.2) is 0 Å². The molecule has 1 rings (SSSR count). The number of ether oxygens (including phenoxy) is 1. The maximum atomic E-state index is 8.51. The van der Waals surface area contributed by atoms with Gasteiger partial charge in [0, 0.05) is 13.0 Å². The Morgan fingerprint density at radius 2 is 1.92 bits per heavy atom. The van der Waals surface area contributed by atoms with E-state index in [1.165, 1.54) is 5.56 Å². The molecule has 0 atom stereocenters. The van der Waals surface area contributed by atoms with Crippen LogP contribution in [0.4, 0.5) is 0 Å². The Hall–Kier alpha value is -1.02. The number of aliphatic hydroxyl groups is 1. The molecule has 0 saturated heterocycles. The standard InChI is InChI=1S/C10H14O2/c1-9-3-5-10(6-4-9)12-8-2-7-11/h3-6,11H,2,7-8H2,1H3. The highest BCUT2D eigenvalue weighted by atomic mass is 16.5. The van der Waals surface area contributed by atoms with Crippen molar-refractivity contribution in [2.75, 3.05) is 13.2 Å². The summed E-state index contributed by atoms with van der Waals surface area (Å²) in [7, 11) is 0. The topological polar surface area (TPSA) is 29.5 Å². The smallest absolute Gasteiger partial charge is 0.119 e. The summed E-state index contributed by atoms with van der Waals surface area (Å²) < 4.78 is 5.34. The summed E-state index contributed by atoms with van der Waals surface area (Å²) in [6, 6.07) is 7.89. The SMILES string of the molecule is Cc1ccc(OCCCO)cc1. The zero-order valence-electron chi connectivity index (χ0n) is 7.29. The molecule has 0 fully saturated rings. The van der Waals surface area contributed by atoms with Crippen LogP contribution in [0.25, 0.3) is 0 Å². The minimum Gasteiger partial charge on any atom is -0.494 e. The molecule has 1 aromatic carbocycles. The Labute approximate surface area is 72.8 Å². The number of hydrogen-bond donors (Lipinski definition) is 1. The Bertz CT molecular complexity index is 216. The molecule has 0 aliphatic carbocycles. The first-order valence-electron chi connectivity index (χ1n) is 4.13. The maximum Gasteiger partial charge on any atom is 0.119 e. The Kier molecular flexibility index (Phi) is 3.61. The lowest BCUT2D eigenvalue weighted by Gasteiger charge is -2.04. The predicted octanol–water partition coefficient (Wildman–Crippen LogP) is 1.76. The summed E-state index contributed by atoms with van der Waals surface area (Å²) in [6.45, 7) is 2.81. The van der Waals surface area contributed by atoms with Crippen molar-refractivity contribution in [3.05, 3.63) is 29.8 Å². The number of hydrogen-bond acceptors (Lipinski definition) is 2. The van der Waals surface area contributed by atoms with Crippen molar-refractivity contribution in [3.63, 3.8) is 0 Å². The first kappa shape index (κ1) is 9.07. The monoisotopic (exact) mass is 166 g/mol.